The van der Waals surface area contributed by atoms with Gasteiger partial charge in [0.15, 0.2) is 5.78 Å². The lowest BCUT2D eigenvalue weighted by molar-refractivity contribution is -0.138. The minimum atomic E-state index is -0.481. The number of para-hydroxylation sites is 1. The van der Waals surface area contributed by atoms with Gasteiger partial charge in [-0.3, -0.25) is 4.79 Å². The Labute approximate surface area is 166 Å². The van der Waals surface area contributed by atoms with Crippen LogP contribution in [0.25, 0.3) is 0 Å². The molecule has 5 nitrogen and oxygen atoms in total. The Morgan fingerprint density at radius 3 is 2.57 bits per heavy atom. The molecule has 1 aliphatic carbocycles. The van der Waals surface area contributed by atoms with Gasteiger partial charge in [-0.2, -0.15) is 0 Å². The second-order valence-corrected chi connectivity index (χ2v) is 8.10. The molecule has 0 saturated heterocycles. The second-order valence-electron chi connectivity index (χ2n) is 8.10. The van der Waals surface area contributed by atoms with Crippen LogP contribution in [0.5, 0.6) is 5.75 Å². The van der Waals surface area contributed by atoms with Gasteiger partial charge in [-0.15, -0.1) is 0 Å². The van der Waals surface area contributed by atoms with Gasteiger partial charge < -0.3 is 14.8 Å². The summed E-state index contributed by atoms with van der Waals surface area (Å²) < 4.78 is 11.0. The van der Waals surface area contributed by atoms with Crippen molar-refractivity contribution in [1.82, 2.24) is 5.32 Å². The van der Waals surface area contributed by atoms with Gasteiger partial charge in [-0.1, -0.05) is 39.0 Å². The van der Waals surface area contributed by atoms with Crippen LogP contribution >= 0.6 is 0 Å². The molecule has 3 rings (SSSR count). The molecule has 0 spiro atoms. The summed E-state index contributed by atoms with van der Waals surface area (Å²) in [5.74, 6) is -0.125. The van der Waals surface area contributed by atoms with Crippen LogP contribution in [0.2, 0.25) is 0 Å². The molecule has 0 unspecified atom stereocenters. The minimum absolute atomic E-state index is 0.0756. The topological polar surface area (TPSA) is 64.6 Å². The molecule has 0 fully saturated rings. The van der Waals surface area contributed by atoms with Crippen molar-refractivity contribution in [2.24, 2.45) is 5.41 Å². The zero-order valence-corrected chi connectivity index (χ0v) is 17.3. The summed E-state index contributed by atoms with van der Waals surface area (Å²) in [6.07, 6.45) is 1.86. The third-order valence-corrected chi connectivity index (χ3v) is 5.42. The number of nitrogens with one attached hydrogen (secondary N) is 1. The summed E-state index contributed by atoms with van der Waals surface area (Å²) >= 11 is 0. The number of dihydropyridines is 1. The molecule has 1 N–H and O–H groups in total. The molecule has 1 aromatic carbocycles. The molecule has 0 bridgehead atoms. The van der Waals surface area contributed by atoms with E-state index in [4.69, 9.17) is 9.47 Å². The second kappa shape index (κ2) is 7.82. The smallest absolute Gasteiger partial charge is 0.336 e. The van der Waals surface area contributed by atoms with Crippen LogP contribution in [-0.4, -0.2) is 25.5 Å². The molecule has 150 valence electrons. The number of hydrogen-bond acceptors (Lipinski definition) is 5. The monoisotopic (exact) mass is 383 g/mol. The Bertz CT molecular complexity index is 863. The molecule has 0 amide bonds. The fraction of sp³-hybridized carbons (Fsp3) is 0.478. The van der Waals surface area contributed by atoms with E-state index in [1.54, 1.807) is 14.0 Å². The number of carbonyl (C=O) groups excluding carboxylic acids is 2. The highest BCUT2D eigenvalue weighted by molar-refractivity contribution is 6.04. The maximum absolute atomic E-state index is 13.2. The van der Waals surface area contributed by atoms with Crippen molar-refractivity contribution in [3.63, 3.8) is 0 Å². The van der Waals surface area contributed by atoms with E-state index in [9.17, 15) is 9.59 Å². The fourth-order valence-electron chi connectivity index (χ4n) is 4.29. The van der Waals surface area contributed by atoms with Gasteiger partial charge in [0.25, 0.3) is 0 Å². The lowest BCUT2D eigenvalue weighted by Crippen LogP contribution is -2.39. The number of rotatable bonds is 5. The number of Topliss-reactive ketones (excluding diaryl/α,β-unsaturated/α-hetero) is 1. The zero-order chi connectivity index (χ0) is 20.5. The molecule has 1 aromatic rings. The highest BCUT2D eigenvalue weighted by Gasteiger charge is 2.44. The number of hydrogen-bond donors (Lipinski definition) is 1. The number of methoxy groups -OCH3 is 1. The predicted octanol–water partition coefficient (Wildman–Crippen LogP) is 4.25. The van der Waals surface area contributed by atoms with Crippen molar-refractivity contribution in [3.05, 3.63) is 52.4 Å². The summed E-state index contributed by atoms with van der Waals surface area (Å²) in [5, 5.41) is 3.41. The SMILES string of the molecule is CCOC(=O)C1=C(CC)NC2=C(C(=O)CC(C)(C)C2)[C@@H]1c1ccccc1OC. The molecule has 28 heavy (non-hydrogen) atoms. The quantitative estimate of drug-likeness (QED) is 0.770. The van der Waals surface area contributed by atoms with Crippen LogP contribution in [0, 0.1) is 5.41 Å². The lowest BCUT2D eigenvalue weighted by atomic mass is 9.68. The van der Waals surface area contributed by atoms with E-state index in [1.807, 2.05) is 31.2 Å². The molecule has 1 aliphatic heterocycles. The third-order valence-electron chi connectivity index (χ3n) is 5.42. The van der Waals surface area contributed by atoms with Crippen LogP contribution in [0.1, 0.15) is 58.4 Å². The third kappa shape index (κ3) is 3.58. The van der Waals surface area contributed by atoms with Crippen LogP contribution in [0.3, 0.4) is 0 Å². The van der Waals surface area contributed by atoms with Gasteiger partial charge in [0.1, 0.15) is 5.75 Å². The number of benzene rings is 1. The van der Waals surface area contributed by atoms with Crippen molar-refractivity contribution in [2.45, 2.75) is 52.9 Å². The maximum Gasteiger partial charge on any atom is 0.336 e. The molecular weight excluding hydrogens is 354 g/mol. The predicted molar refractivity (Wildman–Crippen MR) is 108 cm³/mol. The Kier molecular flexibility index (Phi) is 5.64. The normalized spacial score (nSPS) is 21.2. The van der Waals surface area contributed by atoms with Crippen LogP contribution in [0.15, 0.2) is 46.8 Å². The van der Waals surface area contributed by atoms with Crippen molar-refractivity contribution < 1.29 is 19.1 Å². The number of carbonyl (C=O) groups is 2. The summed E-state index contributed by atoms with van der Waals surface area (Å²) in [7, 11) is 1.61. The van der Waals surface area contributed by atoms with Crippen molar-refractivity contribution in [1.29, 1.82) is 0 Å². The van der Waals surface area contributed by atoms with E-state index in [2.05, 4.69) is 19.2 Å². The Morgan fingerprint density at radius 2 is 1.93 bits per heavy atom. The summed E-state index contributed by atoms with van der Waals surface area (Å²) in [5.41, 5.74) is 3.63. The van der Waals surface area contributed by atoms with E-state index >= 15 is 0 Å². The van der Waals surface area contributed by atoms with Gasteiger partial charge in [-0.05, 0) is 31.2 Å². The molecule has 1 atom stereocenters. The molecule has 1 heterocycles. The first-order valence-electron chi connectivity index (χ1n) is 9.89. The van der Waals surface area contributed by atoms with E-state index in [0.717, 1.165) is 23.4 Å². The average Bonchev–Trinajstić information content (AvgIpc) is 2.65. The first kappa shape index (κ1) is 20.2. The van der Waals surface area contributed by atoms with Gasteiger partial charge in [0.05, 0.1) is 25.2 Å². The Balaban J connectivity index is 2.26. The van der Waals surface area contributed by atoms with E-state index in [1.165, 1.54) is 0 Å². The van der Waals surface area contributed by atoms with Gasteiger partial charge in [0, 0.05) is 29.0 Å². The summed E-state index contributed by atoms with van der Waals surface area (Å²) in [4.78, 5) is 26.2. The molecule has 0 aromatic heterocycles. The summed E-state index contributed by atoms with van der Waals surface area (Å²) in [6, 6.07) is 7.59. The number of ether oxygens (including phenoxy) is 2. The van der Waals surface area contributed by atoms with E-state index < -0.39 is 5.92 Å². The van der Waals surface area contributed by atoms with E-state index in [0.29, 0.717) is 29.7 Å². The van der Waals surface area contributed by atoms with Gasteiger partial charge in [-0.25, -0.2) is 4.79 Å². The van der Waals surface area contributed by atoms with Crippen molar-refractivity contribution >= 4 is 11.8 Å². The number of ketones is 1. The number of allylic oxidation sites excluding steroid dienone is 3. The summed E-state index contributed by atoms with van der Waals surface area (Å²) in [6.45, 7) is 8.28. The highest BCUT2D eigenvalue weighted by Crippen LogP contribution is 2.48. The largest absolute Gasteiger partial charge is 0.496 e. The fourth-order valence-corrected chi connectivity index (χ4v) is 4.29. The number of esters is 1. The first-order valence-corrected chi connectivity index (χ1v) is 9.89. The first-order chi connectivity index (χ1) is 13.3. The molecule has 5 heteroatoms. The van der Waals surface area contributed by atoms with Crippen LogP contribution in [-0.2, 0) is 14.3 Å². The zero-order valence-electron chi connectivity index (χ0n) is 17.3. The maximum atomic E-state index is 13.2. The van der Waals surface area contributed by atoms with E-state index in [-0.39, 0.29) is 23.8 Å². The minimum Gasteiger partial charge on any atom is -0.496 e. The molecule has 0 radical (unpaired) electrons. The highest BCUT2D eigenvalue weighted by atomic mass is 16.5. The Hall–Kier alpha value is -2.56. The van der Waals surface area contributed by atoms with Crippen molar-refractivity contribution in [3.8, 4) is 5.75 Å². The Morgan fingerprint density at radius 1 is 1.21 bits per heavy atom. The van der Waals surface area contributed by atoms with Gasteiger partial charge >= 0.3 is 5.97 Å². The van der Waals surface area contributed by atoms with Crippen molar-refractivity contribution in [2.75, 3.05) is 13.7 Å². The molecule has 0 saturated carbocycles. The standard InChI is InChI=1S/C23H29NO4/c1-6-15-21(22(26)28-7-2)19(14-10-8-9-11-18(14)27-5)20-16(24-15)12-23(3,4)13-17(20)25/h8-11,19,24H,6-7,12-13H2,1-5H3/t19-/m0/s1. The van der Waals surface area contributed by atoms with Gasteiger partial charge in [0.2, 0.25) is 0 Å². The van der Waals surface area contributed by atoms with Crippen LogP contribution < -0.4 is 10.1 Å². The average molecular weight is 383 g/mol. The lowest BCUT2D eigenvalue weighted by Gasteiger charge is -2.40. The van der Waals surface area contributed by atoms with Crippen LogP contribution in [0.4, 0.5) is 0 Å². The molecule has 2 aliphatic rings. The molecular formula is C23H29NO4.